The Bertz CT molecular complexity index is 374. The molecule has 0 aromatic carbocycles. The lowest BCUT2D eigenvalue weighted by Crippen LogP contribution is -2.53. The van der Waals surface area contributed by atoms with Crippen molar-refractivity contribution in [2.75, 3.05) is 13.1 Å². The topological polar surface area (TPSA) is 116 Å². The second kappa shape index (κ2) is 4.40. The maximum Gasteiger partial charge on any atom is 0.328 e. The molecule has 0 saturated carbocycles. The van der Waals surface area contributed by atoms with E-state index in [2.05, 4.69) is 10.6 Å². The first-order valence-electron chi connectivity index (χ1n) is 4.86. The molecule has 8 heteroatoms. The average molecular weight is 243 g/mol. The van der Waals surface area contributed by atoms with E-state index in [0.717, 1.165) is 4.90 Å². The number of carbonyl (C=O) groups is 4. The lowest BCUT2D eigenvalue weighted by atomic mass is 10.1. The quantitative estimate of drug-likeness (QED) is 0.520. The number of hydrogen-bond acceptors (Lipinski definition) is 4. The van der Waals surface area contributed by atoms with Crippen molar-refractivity contribution in [3.8, 4) is 0 Å². The summed E-state index contributed by atoms with van der Waals surface area (Å²) in [7, 11) is 0. The largest absolute Gasteiger partial charge is 0.480 e. The molecule has 1 saturated heterocycles. The van der Waals surface area contributed by atoms with Crippen molar-refractivity contribution in [3.05, 3.63) is 0 Å². The fourth-order valence-corrected chi connectivity index (χ4v) is 1.20. The smallest absolute Gasteiger partial charge is 0.328 e. The molecule has 4 amide bonds. The Balaban J connectivity index is 2.59. The molecule has 1 aliphatic rings. The molecule has 1 aliphatic heterocycles. The molecule has 17 heavy (non-hydrogen) atoms. The number of aliphatic carboxylic acids is 1. The van der Waals surface area contributed by atoms with Crippen LogP contribution in [0.5, 0.6) is 0 Å². The molecule has 1 fully saturated rings. The first-order chi connectivity index (χ1) is 7.74. The van der Waals surface area contributed by atoms with Gasteiger partial charge in [0.25, 0.3) is 5.91 Å². The summed E-state index contributed by atoms with van der Waals surface area (Å²) in [6, 6.07) is -0.654. The van der Waals surface area contributed by atoms with Gasteiger partial charge in [0.15, 0.2) is 0 Å². The van der Waals surface area contributed by atoms with Crippen LogP contribution in [0.1, 0.15) is 13.8 Å². The van der Waals surface area contributed by atoms with Gasteiger partial charge in [0.05, 0.1) is 6.54 Å². The Labute approximate surface area is 97.0 Å². The normalized spacial score (nSPS) is 15.8. The van der Waals surface area contributed by atoms with Gasteiger partial charge in [-0.05, 0) is 13.8 Å². The zero-order valence-electron chi connectivity index (χ0n) is 9.44. The third-order valence-electron chi connectivity index (χ3n) is 2.23. The van der Waals surface area contributed by atoms with Crippen LogP contribution < -0.4 is 10.6 Å². The number of carboxylic acid groups (broad SMARTS) is 1. The molecule has 94 valence electrons. The van der Waals surface area contributed by atoms with Crippen LogP contribution in [0, 0.1) is 0 Å². The van der Waals surface area contributed by atoms with Crippen LogP contribution in [0.2, 0.25) is 0 Å². The summed E-state index contributed by atoms with van der Waals surface area (Å²) in [5.41, 5.74) is -1.45. The van der Waals surface area contributed by atoms with Crippen molar-refractivity contribution in [1.29, 1.82) is 0 Å². The van der Waals surface area contributed by atoms with Crippen molar-refractivity contribution >= 4 is 23.8 Å². The van der Waals surface area contributed by atoms with Gasteiger partial charge in [-0.1, -0.05) is 0 Å². The van der Waals surface area contributed by atoms with Crippen LogP contribution in [-0.4, -0.2) is 52.4 Å². The van der Waals surface area contributed by atoms with Gasteiger partial charge < -0.3 is 15.7 Å². The highest BCUT2D eigenvalue weighted by molar-refractivity contribution is 6.04. The summed E-state index contributed by atoms with van der Waals surface area (Å²) in [6.07, 6.45) is 0. The number of nitrogens with zero attached hydrogens (tertiary/aromatic N) is 1. The minimum atomic E-state index is -1.45. The molecule has 0 unspecified atom stereocenters. The van der Waals surface area contributed by atoms with Crippen LogP contribution in [0.25, 0.3) is 0 Å². The number of carbonyl (C=O) groups excluding carboxylic acids is 3. The van der Waals surface area contributed by atoms with E-state index in [9.17, 15) is 19.2 Å². The van der Waals surface area contributed by atoms with Gasteiger partial charge in [-0.2, -0.15) is 0 Å². The molecule has 0 aliphatic carbocycles. The van der Waals surface area contributed by atoms with E-state index in [1.165, 1.54) is 13.8 Å². The third-order valence-corrected chi connectivity index (χ3v) is 2.23. The van der Waals surface area contributed by atoms with E-state index < -0.39 is 35.9 Å². The van der Waals surface area contributed by atoms with E-state index in [1.54, 1.807) is 0 Å². The van der Waals surface area contributed by atoms with Gasteiger partial charge in [0.2, 0.25) is 5.91 Å². The van der Waals surface area contributed by atoms with E-state index in [-0.39, 0.29) is 6.54 Å². The molecule has 0 aromatic rings. The van der Waals surface area contributed by atoms with Gasteiger partial charge in [-0.15, -0.1) is 0 Å². The fourth-order valence-electron chi connectivity index (χ4n) is 1.20. The van der Waals surface area contributed by atoms with Crippen LogP contribution in [-0.2, 0) is 14.4 Å². The monoisotopic (exact) mass is 243 g/mol. The van der Waals surface area contributed by atoms with Crippen molar-refractivity contribution < 1.29 is 24.3 Å². The highest BCUT2D eigenvalue weighted by Gasteiger charge is 2.33. The molecule has 8 nitrogen and oxygen atoms in total. The predicted octanol–water partition coefficient (Wildman–Crippen LogP) is -1.48. The molecule has 0 bridgehead atoms. The zero-order valence-corrected chi connectivity index (χ0v) is 9.44. The second-order valence-electron chi connectivity index (χ2n) is 4.12. The highest BCUT2D eigenvalue weighted by Crippen LogP contribution is 2.03. The van der Waals surface area contributed by atoms with Crippen molar-refractivity contribution in [2.45, 2.75) is 19.4 Å². The first-order valence-corrected chi connectivity index (χ1v) is 4.86. The second-order valence-corrected chi connectivity index (χ2v) is 4.12. The summed E-state index contributed by atoms with van der Waals surface area (Å²) in [4.78, 5) is 45.2. The van der Waals surface area contributed by atoms with E-state index in [4.69, 9.17) is 5.11 Å². The molecule has 0 radical (unpaired) electrons. The number of rotatable bonds is 4. The Morgan fingerprint density at radius 2 is 2.06 bits per heavy atom. The fraction of sp³-hybridized carbons (Fsp3) is 0.556. The minimum Gasteiger partial charge on any atom is -0.480 e. The number of amides is 4. The van der Waals surface area contributed by atoms with Gasteiger partial charge in [-0.3, -0.25) is 14.5 Å². The van der Waals surface area contributed by atoms with E-state index in [1.807, 2.05) is 0 Å². The lowest BCUT2D eigenvalue weighted by Gasteiger charge is -2.22. The molecule has 1 rings (SSSR count). The average Bonchev–Trinajstić information content (AvgIpc) is 2.48. The summed E-state index contributed by atoms with van der Waals surface area (Å²) >= 11 is 0. The van der Waals surface area contributed by atoms with Gasteiger partial charge in [0.1, 0.15) is 12.1 Å². The van der Waals surface area contributed by atoms with Crippen LogP contribution >= 0.6 is 0 Å². The number of hydrogen-bond donors (Lipinski definition) is 3. The van der Waals surface area contributed by atoms with E-state index in [0.29, 0.717) is 0 Å². The Morgan fingerprint density at radius 3 is 2.47 bits per heavy atom. The summed E-state index contributed by atoms with van der Waals surface area (Å²) in [5.74, 6) is -2.43. The number of urea groups is 1. The number of nitrogens with one attached hydrogen (secondary N) is 2. The maximum atomic E-state index is 11.5. The molecule has 0 spiro atoms. The predicted molar refractivity (Wildman–Crippen MR) is 55.0 cm³/mol. The molecular weight excluding hydrogens is 230 g/mol. The summed E-state index contributed by atoms with van der Waals surface area (Å²) < 4.78 is 0. The third kappa shape index (κ3) is 2.92. The van der Waals surface area contributed by atoms with Gasteiger partial charge in [0, 0.05) is 0 Å². The number of carboxylic acids is 1. The minimum absolute atomic E-state index is 0.144. The Hall–Kier alpha value is -2.12. The van der Waals surface area contributed by atoms with Crippen molar-refractivity contribution in [1.82, 2.24) is 15.5 Å². The van der Waals surface area contributed by atoms with Crippen LogP contribution in [0.15, 0.2) is 0 Å². The lowest BCUT2D eigenvalue weighted by molar-refractivity contribution is -0.146. The van der Waals surface area contributed by atoms with Crippen LogP contribution in [0.4, 0.5) is 4.79 Å². The summed E-state index contributed by atoms with van der Waals surface area (Å²) in [6.45, 7) is 1.98. The number of imide groups is 1. The molecule has 1 heterocycles. The van der Waals surface area contributed by atoms with Crippen molar-refractivity contribution in [2.24, 2.45) is 0 Å². The maximum absolute atomic E-state index is 11.5. The van der Waals surface area contributed by atoms with Crippen molar-refractivity contribution in [3.63, 3.8) is 0 Å². The van der Waals surface area contributed by atoms with Gasteiger partial charge >= 0.3 is 12.0 Å². The Morgan fingerprint density at radius 1 is 1.47 bits per heavy atom. The van der Waals surface area contributed by atoms with E-state index >= 15 is 0 Å². The SMILES string of the molecule is CC(C)(NC(=O)CN1C(=O)CNC1=O)C(=O)O. The molecule has 0 atom stereocenters. The van der Waals surface area contributed by atoms with Gasteiger partial charge in [-0.25, -0.2) is 9.59 Å². The first kappa shape index (κ1) is 12.9. The Kier molecular flexibility index (Phi) is 3.35. The molecular formula is C9H13N3O5. The zero-order chi connectivity index (χ0) is 13.2. The highest BCUT2D eigenvalue weighted by atomic mass is 16.4. The van der Waals surface area contributed by atoms with Crippen LogP contribution in [0.3, 0.4) is 0 Å². The standard InChI is InChI=1S/C9H13N3O5/c1-9(2,7(15)16)11-5(13)4-12-6(14)3-10-8(12)17/h3-4H2,1-2H3,(H,10,17)(H,11,13)(H,15,16). The summed E-state index contributed by atoms with van der Waals surface area (Å²) in [5, 5.41) is 13.2. The molecule has 3 N–H and O–H groups in total. The molecule has 0 aromatic heterocycles.